The Morgan fingerprint density at radius 1 is 1.10 bits per heavy atom. The molecule has 7 nitrogen and oxygen atoms in total. The average Bonchev–Trinajstić information content (AvgIpc) is 2.68. The number of H-pyrrole nitrogens is 1. The van der Waals surface area contributed by atoms with E-state index in [4.69, 9.17) is 0 Å². The highest BCUT2D eigenvalue weighted by Gasteiger charge is 2.08. The molecule has 0 aliphatic rings. The molecule has 0 unspecified atom stereocenters. The van der Waals surface area contributed by atoms with Crippen LogP contribution in [0.2, 0.25) is 0 Å². The molecule has 29 heavy (non-hydrogen) atoms. The Morgan fingerprint density at radius 3 is 2.59 bits per heavy atom. The van der Waals surface area contributed by atoms with Crippen molar-refractivity contribution in [2.75, 3.05) is 11.9 Å². The highest BCUT2D eigenvalue weighted by Crippen LogP contribution is 2.19. The third kappa shape index (κ3) is 5.86. The molecule has 0 aliphatic carbocycles. The van der Waals surface area contributed by atoms with Gasteiger partial charge in [0, 0.05) is 46.0 Å². The number of hydrogen-bond acceptors (Lipinski definition) is 4. The minimum Gasteiger partial charge on any atom is -0.352 e. The number of aromatic nitrogens is 2. The third-order valence-electron chi connectivity index (χ3n) is 4.03. The molecule has 0 aliphatic heterocycles. The summed E-state index contributed by atoms with van der Waals surface area (Å²) in [6, 6.07) is 15.4. The summed E-state index contributed by atoms with van der Waals surface area (Å²) in [5, 5.41) is 5.51. The predicted octanol–water partition coefficient (Wildman–Crippen LogP) is 3.27. The van der Waals surface area contributed by atoms with E-state index in [0.717, 1.165) is 4.47 Å². The summed E-state index contributed by atoms with van der Waals surface area (Å²) >= 11 is 3.32. The number of aromatic amines is 1. The number of carbonyl (C=O) groups excluding carboxylic acids is 2. The number of amides is 2. The van der Waals surface area contributed by atoms with E-state index in [0.29, 0.717) is 28.3 Å². The molecular formula is C21H19BrN4O3. The Balaban J connectivity index is 1.56. The van der Waals surface area contributed by atoms with E-state index in [1.165, 1.54) is 6.07 Å². The summed E-state index contributed by atoms with van der Waals surface area (Å²) in [5.41, 5.74) is 2.17. The number of rotatable bonds is 6. The minimum atomic E-state index is -0.234. The van der Waals surface area contributed by atoms with Crippen molar-refractivity contribution in [1.82, 2.24) is 15.3 Å². The number of carbonyl (C=O) groups is 2. The molecule has 2 aromatic carbocycles. The molecule has 0 atom stereocenters. The van der Waals surface area contributed by atoms with Crippen LogP contribution in [0, 0.1) is 6.92 Å². The first-order chi connectivity index (χ1) is 13.9. The molecule has 1 heterocycles. The Kier molecular flexibility index (Phi) is 6.56. The van der Waals surface area contributed by atoms with Crippen LogP contribution in [0.25, 0.3) is 11.4 Å². The fraction of sp³-hybridized carbons (Fsp3) is 0.143. The van der Waals surface area contributed by atoms with Gasteiger partial charge in [-0.15, -0.1) is 0 Å². The van der Waals surface area contributed by atoms with Gasteiger partial charge in [0.05, 0.1) is 0 Å². The van der Waals surface area contributed by atoms with Crippen LogP contribution >= 0.6 is 15.9 Å². The van der Waals surface area contributed by atoms with Gasteiger partial charge in [0.2, 0.25) is 5.91 Å². The van der Waals surface area contributed by atoms with Crippen molar-refractivity contribution >= 4 is 33.4 Å². The summed E-state index contributed by atoms with van der Waals surface area (Å²) in [6.07, 6.45) is 0.131. The lowest BCUT2D eigenvalue weighted by molar-refractivity contribution is -0.116. The maximum atomic E-state index is 12.2. The Labute approximate surface area is 175 Å². The first kappa shape index (κ1) is 20.5. The number of benzene rings is 2. The van der Waals surface area contributed by atoms with E-state index in [1.807, 2.05) is 0 Å². The lowest BCUT2D eigenvalue weighted by Crippen LogP contribution is -2.27. The number of anilines is 1. The largest absolute Gasteiger partial charge is 0.352 e. The van der Waals surface area contributed by atoms with Crippen LogP contribution in [0.5, 0.6) is 0 Å². The van der Waals surface area contributed by atoms with Gasteiger partial charge in [0.25, 0.3) is 11.5 Å². The van der Waals surface area contributed by atoms with E-state index in [1.54, 1.807) is 55.5 Å². The highest BCUT2D eigenvalue weighted by atomic mass is 79.9. The highest BCUT2D eigenvalue weighted by molar-refractivity contribution is 9.10. The van der Waals surface area contributed by atoms with Crippen molar-refractivity contribution in [1.29, 1.82) is 0 Å². The lowest BCUT2D eigenvalue weighted by Gasteiger charge is -2.09. The number of hydrogen-bond donors (Lipinski definition) is 3. The Morgan fingerprint density at radius 2 is 1.86 bits per heavy atom. The van der Waals surface area contributed by atoms with E-state index in [-0.39, 0.29) is 30.3 Å². The summed E-state index contributed by atoms with van der Waals surface area (Å²) in [6.45, 7) is 1.96. The van der Waals surface area contributed by atoms with Crippen LogP contribution in [-0.2, 0) is 4.79 Å². The summed E-state index contributed by atoms with van der Waals surface area (Å²) < 4.78 is 0.889. The van der Waals surface area contributed by atoms with Gasteiger partial charge in [-0.1, -0.05) is 28.1 Å². The molecule has 3 aromatic rings. The monoisotopic (exact) mass is 454 g/mol. The Bertz CT molecular complexity index is 1090. The van der Waals surface area contributed by atoms with Crippen molar-refractivity contribution in [3.8, 4) is 11.4 Å². The molecule has 0 saturated heterocycles. The molecular weight excluding hydrogens is 436 g/mol. The molecule has 0 spiro atoms. The second-order valence-corrected chi connectivity index (χ2v) is 7.29. The number of aryl methyl sites for hydroxylation is 1. The Hall–Kier alpha value is -3.26. The second kappa shape index (κ2) is 9.29. The van der Waals surface area contributed by atoms with Crippen molar-refractivity contribution < 1.29 is 9.59 Å². The standard InChI is InChI=1S/C21H19BrN4O3/c1-13-11-19(28)26-20(24-13)15-3-2-4-17(12-15)25-18(27)9-10-23-21(29)14-5-7-16(22)8-6-14/h2-8,11-12H,9-10H2,1H3,(H,23,29)(H,25,27)(H,24,26,28). The van der Waals surface area contributed by atoms with Gasteiger partial charge in [-0.3, -0.25) is 14.4 Å². The first-order valence-electron chi connectivity index (χ1n) is 8.93. The number of halogens is 1. The summed E-state index contributed by atoms with van der Waals surface area (Å²) in [4.78, 5) is 42.9. The fourth-order valence-corrected chi connectivity index (χ4v) is 2.94. The third-order valence-corrected chi connectivity index (χ3v) is 4.56. The molecule has 2 amide bonds. The number of nitrogens with one attached hydrogen (secondary N) is 3. The van der Waals surface area contributed by atoms with Crippen LogP contribution in [0.3, 0.4) is 0 Å². The molecule has 8 heteroatoms. The smallest absolute Gasteiger partial charge is 0.251 e. The minimum absolute atomic E-state index is 0.131. The van der Waals surface area contributed by atoms with Crippen LogP contribution in [-0.4, -0.2) is 28.3 Å². The van der Waals surface area contributed by atoms with Crippen LogP contribution < -0.4 is 16.2 Å². The van der Waals surface area contributed by atoms with Crippen molar-refractivity contribution in [3.63, 3.8) is 0 Å². The van der Waals surface area contributed by atoms with Gasteiger partial charge >= 0.3 is 0 Å². The van der Waals surface area contributed by atoms with E-state index in [9.17, 15) is 14.4 Å². The molecule has 0 saturated carbocycles. The zero-order valence-corrected chi connectivity index (χ0v) is 17.2. The predicted molar refractivity (Wildman–Crippen MR) is 115 cm³/mol. The van der Waals surface area contributed by atoms with E-state index in [2.05, 4.69) is 36.5 Å². The molecule has 148 valence electrons. The average molecular weight is 455 g/mol. The molecule has 1 aromatic heterocycles. The maximum absolute atomic E-state index is 12.2. The SMILES string of the molecule is Cc1cc(=O)[nH]c(-c2cccc(NC(=O)CCNC(=O)c3ccc(Br)cc3)c2)n1. The normalized spacial score (nSPS) is 10.4. The maximum Gasteiger partial charge on any atom is 0.251 e. The first-order valence-corrected chi connectivity index (χ1v) is 9.72. The van der Waals surface area contributed by atoms with Crippen molar-refractivity contribution in [3.05, 3.63) is 80.7 Å². The summed E-state index contributed by atoms with van der Waals surface area (Å²) in [7, 11) is 0. The van der Waals surface area contributed by atoms with Gasteiger partial charge in [0.15, 0.2) is 0 Å². The molecule has 0 radical (unpaired) electrons. The summed E-state index contributed by atoms with van der Waals surface area (Å²) in [5.74, 6) is -0.0291. The van der Waals surface area contributed by atoms with Gasteiger partial charge < -0.3 is 15.6 Å². The number of nitrogens with zero attached hydrogens (tertiary/aromatic N) is 1. The fourth-order valence-electron chi connectivity index (χ4n) is 2.68. The quantitative estimate of drug-likeness (QED) is 0.531. The molecule has 3 N–H and O–H groups in total. The topological polar surface area (TPSA) is 104 Å². The van der Waals surface area contributed by atoms with Gasteiger partial charge in [-0.05, 0) is 43.3 Å². The van der Waals surface area contributed by atoms with Crippen LogP contribution in [0.15, 0.2) is 63.9 Å². The zero-order valence-electron chi connectivity index (χ0n) is 15.7. The molecule has 0 bridgehead atoms. The zero-order chi connectivity index (χ0) is 20.8. The van der Waals surface area contributed by atoms with Crippen molar-refractivity contribution in [2.24, 2.45) is 0 Å². The van der Waals surface area contributed by atoms with Gasteiger partial charge in [-0.2, -0.15) is 0 Å². The van der Waals surface area contributed by atoms with Crippen LogP contribution in [0.4, 0.5) is 5.69 Å². The lowest BCUT2D eigenvalue weighted by atomic mass is 10.2. The van der Waals surface area contributed by atoms with E-state index >= 15 is 0 Å². The second-order valence-electron chi connectivity index (χ2n) is 6.38. The molecule has 3 rings (SSSR count). The van der Waals surface area contributed by atoms with Gasteiger partial charge in [-0.25, -0.2) is 4.98 Å². The van der Waals surface area contributed by atoms with Crippen LogP contribution in [0.1, 0.15) is 22.5 Å². The molecule has 0 fully saturated rings. The van der Waals surface area contributed by atoms with E-state index < -0.39 is 0 Å². The van der Waals surface area contributed by atoms with Crippen molar-refractivity contribution in [2.45, 2.75) is 13.3 Å². The van der Waals surface area contributed by atoms with Gasteiger partial charge in [0.1, 0.15) is 5.82 Å².